The molecule has 5 heteroatoms. The van der Waals surface area contributed by atoms with Crippen LogP contribution < -0.4 is 5.32 Å². The summed E-state index contributed by atoms with van der Waals surface area (Å²) in [7, 11) is -3.85. The second-order valence-electron chi connectivity index (χ2n) is 6.06. The molecule has 0 heterocycles. The van der Waals surface area contributed by atoms with Gasteiger partial charge in [0.2, 0.25) is 0 Å². The van der Waals surface area contributed by atoms with Crippen LogP contribution in [0.15, 0.2) is 0 Å². The molecule has 0 aliphatic heterocycles. The van der Waals surface area contributed by atoms with Crippen LogP contribution in [0, 0.1) is 11.3 Å². The zero-order chi connectivity index (χ0) is 14.5. The van der Waals surface area contributed by atoms with E-state index in [1.807, 2.05) is 0 Å². The summed E-state index contributed by atoms with van der Waals surface area (Å²) in [5.74, 6) is 0.544. The normalized spacial score (nSPS) is 27.4. The molecule has 1 aliphatic rings. The maximum Gasteiger partial charge on any atom is 0.266 e. The van der Waals surface area contributed by atoms with Crippen LogP contribution in [0.5, 0.6) is 0 Å². The molecule has 1 fully saturated rings. The predicted molar refractivity (Wildman–Crippen MR) is 78.9 cm³/mol. The van der Waals surface area contributed by atoms with Crippen molar-refractivity contribution < 1.29 is 13.0 Å². The molecular weight excluding hydrogens is 262 g/mol. The first-order chi connectivity index (χ1) is 8.84. The highest BCUT2D eigenvalue weighted by Crippen LogP contribution is 2.45. The molecule has 1 rings (SSSR count). The van der Waals surface area contributed by atoms with Crippen molar-refractivity contribution >= 4 is 10.1 Å². The molecule has 0 amide bonds. The summed E-state index contributed by atoms with van der Waals surface area (Å²) >= 11 is 0. The molecule has 0 spiro atoms. The van der Waals surface area contributed by atoms with E-state index in [1.54, 1.807) is 0 Å². The first kappa shape index (κ1) is 16.9. The van der Waals surface area contributed by atoms with E-state index in [2.05, 4.69) is 26.1 Å². The van der Waals surface area contributed by atoms with Crippen molar-refractivity contribution in [3.8, 4) is 0 Å². The van der Waals surface area contributed by atoms with Crippen LogP contribution in [0.25, 0.3) is 0 Å². The Balaban J connectivity index is 2.57. The Morgan fingerprint density at radius 2 is 1.84 bits per heavy atom. The van der Waals surface area contributed by atoms with Crippen LogP contribution in [0.4, 0.5) is 0 Å². The molecule has 19 heavy (non-hydrogen) atoms. The molecule has 0 saturated heterocycles. The Hall–Kier alpha value is -0.130. The third kappa shape index (κ3) is 5.40. The van der Waals surface area contributed by atoms with Gasteiger partial charge in [-0.25, -0.2) is 0 Å². The Morgan fingerprint density at radius 1 is 1.21 bits per heavy atom. The molecule has 1 saturated carbocycles. The van der Waals surface area contributed by atoms with Gasteiger partial charge in [0.05, 0.1) is 5.75 Å². The summed E-state index contributed by atoms with van der Waals surface area (Å²) in [6.45, 7) is 7.11. The van der Waals surface area contributed by atoms with Gasteiger partial charge in [-0.05, 0) is 30.6 Å². The monoisotopic (exact) mass is 291 g/mol. The zero-order valence-electron chi connectivity index (χ0n) is 12.5. The van der Waals surface area contributed by atoms with E-state index in [1.165, 1.54) is 25.7 Å². The number of hydrogen-bond acceptors (Lipinski definition) is 3. The van der Waals surface area contributed by atoms with E-state index in [-0.39, 0.29) is 5.75 Å². The third-order valence-electron chi connectivity index (χ3n) is 4.89. The van der Waals surface area contributed by atoms with E-state index in [4.69, 9.17) is 4.55 Å². The Kier molecular flexibility index (Phi) is 6.27. The molecule has 0 bridgehead atoms. The molecule has 2 N–H and O–H groups in total. The topological polar surface area (TPSA) is 66.4 Å². The largest absolute Gasteiger partial charge is 0.313 e. The fraction of sp³-hybridized carbons (Fsp3) is 1.00. The summed E-state index contributed by atoms with van der Waals surface area (Å²) in [5.41, 5.74) is 0.411. The lowest BCUT2D eigenvalue weighted by atomic mass is 9.64. The van der Waals surface area contributed by atoms with Crippen molar-refractivity contribution in [3.63, 3.8) is 0 Å². The van der Waals surface area contributed by atoms with Crippen molar-refractivity contribution in [1.82, 2.24) is 5.32 Å². The summed E-state index contributed by atoms with van der Waals surface area (Å²) in [4.78, 5) is 0. The fourth-order valence-electron chi connectivity index (χ4n) is 3.47. The lowest BCUT2D eigenvalue weighted by molar-refractivity contribution is 0.0953. The van der Waals surface area contributed by atoms with E-state index >= 15 is 0 Å². The fourth-order valence-corrected chi connectivity index (χ4v) is 3.85. The van der Waals surface area contributed by atoms with Gasteiger partial charge in [0, 0.05) is 12.6 Å². The van der Waals surface area contributed by atoms with Gasteiger partial charge in [-0.1, -0.05) is 40.0 Å². The summed E-state index contributed by atoms with van der Waals surface area (Å²) in [5, 5.41) is 3.33. The highest BCUT2D eigenvalue weighted by Gasteiger charge is 2.37. The summed E-state index contributed by atoms with van der Waals surface area (Å²) in [6, 6.07) is 0.389. The minimum Gasteiger partial charge on any atom is -0.313 e. The highest BCUT2D eigenvalue weighted by atomic mass is 32.2. The van der Waals surface area contributed by atoms with E-state index in [0.717, 1.165) is 18.8 Å². The minimum absolute atomic E-state index is 0.189. The van der Waals surface area contributed by atoms with E-state index in [9.17, 15) is 8.42 Å². The van der Waals surface area contributed by atoms with Gasteiger partial charge in [0.25, 0.3) is 10.1 Å². The Labute approximate surface area is 118 Å². The van der Waals surface area contributed by atoms with Gasteiger partial charge in [0.1, 0.15) is 0 Å². The van der Waals surface area contributed by atoms with E-state index in [0.29, 0.717) is 18.0 Å². The third-order valence-corrected chi connectivity index (χ3v) is 5.61. The van der Waals surface area contributed by atoms with Gasteiger partial charge >= 0.3 is 0 Å². The van der Waals surface area contributed by atoms with Crippen molar-refractivity contribution in [2.24, 2.45) is 11.3 Å². The second-order valence-corrected chi connectivity index (χ2v) is 7.63. The number of hydrogen-bond donors (Lipinski definition) is 2. The summed E-state index contributed by atoms with van der Waals surface area (Å²) < 4.78 is 30.3. The maximum atomic E-state index is 10.7. The molecule has 0 radical (unpaired) electrons. The number of nitrogens with one attached hydrogen (secondary N) is 1. The lowest BCUT2D eigenvalue weighted by Crippen LogP contribution is -2.43. The molecule has 2 atom stereocenters. The minimum atomic E-state index is -3.85. The average molecular weight is 291 g/mol. The van der Waals surface area contributed by atoms with Crippen LogP contribution >= 0.6 is 0 Å². The molecule has 4 nitrogen and oxygen atoms in total. The average Bonchev–Trinajstić information content (AvgIpc) is 2.36. The molecule has 0 aromatic carbocycles. The van der Waals surface area contributed by atoms with Crippen molar-refractivity contribution in [3.05, 3.63) is 0 Å². The molecule has 114 valence electrons. The van der Waals surface area contributed by atoms with Gasteiger partial charge < -0.3 is 5.32 Å². The smallest absolute Gasteiger partial charge is 0.266 e. The summed E-state index contributed by atoms with van der Waals surface area (Å²) in [6.07, 6.45) is 7.13. The van der Waals surface area contributed by atoms with Crippen LogP contribution in [0.1, 0.15) is 59.3 Å². The molecule has 1 aliphatic carbocycles. The van der Waals surface area contributed by atoms with Crippen LogP contribution in [0.2, 0.25) is 0 Å². The standard InChI is InChI=1S/C14H29NO3S/c1-4-12-9-13(15-7-8-19(16,17)18)11-14(5-2,6-3)10-12/h12-13,15H,4-11H2,1-3H3,(H,16,17,18). The van der Waals surface area contributed by atoms with Gasteiger partial charge in [-0.15, -0.1) is 0 Å². The first-order valence-electron chi connectivity index (χ1n) is 7.52. The van der Waals surface area contributed by atoms with Crippen LogP contribution in [0.3, 0.4) is 0 Å². The lowest BCUT2D eigenvalue weighted by Gasteiger charge is -2.44. The second kappa shape index (κ2) is 7.04. The van der Waals surface area contributed by atoms with Crippen molar-refractivity contribution in [1.29, 1.82) is 0 Å². The van der Waals surface area contributed by atoms with Gasteiger partial charge in [-0.3, -0.25) is 4.55 Å². The Morgan fingerprint density at radius 3 is 2.32 bits per heavy atom. The van der Waals surface area contributed by atoms with Gasteiger partial charge in [0.15, 0.2) is 0 Å². The first-order valence-corrected chi connectivity index (χ1v) is 9.13. The Bertz CT molecular complexity index is 363. The van der Waals surface area contributed by atoms with Crippen molar-refractivity contribution in [2.75, 3.05) is 12.3 Å². The van der Waals surface area contributed by atoms with E-state index < -0.39 is 10.1 Å². The molecule has 0 aromatic rings. The SMILES string of the molecule is CCC1CC(NCCS(=O)(=O)O)CC(CC)(CC)C1. The maximum absolute atomic E-state index is 10.7. The predicted octanol–water partition coefficient (Wildman–Crippen LogP) is 2.85. The van der Waals surface area contributed by atoms with Crippen molar-refractivity contribution in [2.45, 2.75) is 65.3 Å². The molecule has 0 aromatic heterocycles. The van der Waals surface area contributed by atoms with Crippen LogP contribution in [-0.2, 0) is 10.1 Å². The molecule has 2 unspecified atom stereocenters. The molecular formula is C14H29NO3S. The highest BCUT2D eigenvalue weighted by molar-refractivity contribution is 7.85. The van der Waals surface area contributed by atoms with Crippen LogP contribution in [-0.4, -0.2) is 31.3 Å². The quantitative estimate of drug-likeness (QED) is 0.708. The zero-order valence-corrected chi connectivity index (χ0v) is 13.3. The number of rotatable bonds is 7. The van der Waals surface area contributed by atoms with Gasteiger partial charge in [-0.2, -0.15) is 8.42 Å².